The lowest BCUT2D eigenvalue weighted by molar-refractivity contribution is 0.0952. The molecule has 1 aromatic heterocycles. The number of anilines is 2. The van der Waals surface area contributed by atoms with Crippen molar-refractivity contribution in [2.75, 3.05) is 18.5 Å². The first kappa shape index (κ1) is 16.1. The second-order valence-corrected chi connectivity index (χ2v) is 5.94. The number of benzene rings is 2. The Morgan fingerprint density at radius 3 is 2.92 bits per heavy atom. The van der Waals surface area contributed by atoms with Crippen molar-refractivity contribution in [1.82, 2.24) is 20.1 Å². The Morgan fingerprint density at radius 2 is 2.12 bits per heavy atom. The fourth-order valence-corrected chi connectivity index (χ4v) is 2.96. The summed E-state index contributed by atoms with van der Waals surface area (Å²) < 4.78 is 7.34. The third-order valence-electron chi connectivity index (χ3n) is 4.13. The van der Waals surface area contributed by atoms with Crippen LogP contribution in [-0.2, 0) is 6.42 Å². The van der Waals surface area contributed by atoms with Crippen molar-refractivity contribution >= 4 is 17.5 Å². The summed E-state index contributed by atoms with van der Waals surface area (Å²) in [6, 6.07) is 13.5. The van der Waals surface area contributed by atoms with E-state index in [9.17, 15) is 4.79 Å². The van der Waals surface area contributed by atoms with Gasteiger partial charge in [0, 0.05) is 24.2 Å². The maximum absolute atomic E-state index is 12.3. The van der Waals surface area contributed by atoms with Crippen LogP contribution in [0, 0.1) is 0 Å². The van der Waals surface area contributed by atoms with Gasteiger partial charge in [0.05, 0.1) is 17.9 Å². The molecule has 0 saturated carbocycles. The number of carbonyl (C=O) groups is 1. The lowest BCUT2D eigenvalue weighted by atomic mass is 10.1. The van der Waals surface area contributed by atoms with Crippen LogP contribution in [0.5, 0.6) is 5.75 Å². The third-order valence-corrected chi connectivity index (χ3v) is 4.13. The Hall–Kier alpha value is -3.35. The zero-order valence-electron chi connectivity index (χ0n) is 14.4. The summed E-state index contributed by atoms with van der Waals surface area (Å²) in [7, 11) is 0. The first-order valence-corrected chi connectivity index (χ1v) is 8.56. The average Bonchev–Trinajstić information content (AvgIpc) is 3.31. The van der Waals surface area contributed by atoms with Gasteiger partial charge in [0.15, 0.2) is 0 Å². The second-order valence-electron chi connectivity index (χ2n) is 5.94. The fourth-order valence-electron chi connectivity index (χ4n) is 2.96. The number of carbonyl (C=O) groups excluding carboxylic acids is 1. The number of para-hydroxylation sites is 1. The Balaban J connectivity index is 1.62. The molecule has 0 unspecified atom stereocenters. The van der Waals surface area contributed by atoms with Gasteiger partial charge in [-0.05, 0) is 31.2 Å². The quantitative estimate of drug-likeness (QED) is 0.740. The van der Waals surface area contributed by atoms with Gasteiger partial charge in [-0.3, -0.25) is 4.79 Å². The molecule has 1 aliphatic rings. The van der Waals surface area contributed by atoms with Crippen LogP contribution in [0.15, 0.2) is 48.8 Å². The van der Waals surface area contributed by atoms with Gasteiger partial charge in [-0.25, -0.2) is 4.68 Å². The number of aromatic nitrogens is 3. The summed E-state index contributed by atoms with van der Waals surface area (Å²) in [5.41, 5.74) is 3.24. The van der Waals surface area contributed by atoms with Gasteiger partial charge in [0.1, 0.15) is 12.1 Å². The Labute approximate surface area is 151 Å². The molecule has 26 heavy (non-hydrogen) atoms. The summed E-state index contributed by atoms with van der Waals surface area (Å²) in [5, 5.41) is 10.5. The smallest absolute Gasteiger partial charge is 0.255 e. The highest BCUT2D eigenvalue weighted by molar-refractivity contribution is 5.98. The molecule has 3 aromatic rings. The predicted molar refractivity (Wildman–Crippen MR) is 98.3 cm³/mol. The van der Waals surface area contributed by atoms with E-state index in [-0.39, 0.29) is 5.91 Å². The van der Waals surface area contributed by atoms with E-state index in [1.54, 1.807) is 17.1 Å². The van der Waals surface area contributed by atoms with Crippen LogP contribution in [0.1, 0.15) is 22.8 Å². The zero-order chi connectivity index (χ0) is 17.9. The Bertz CT molecular complexity index is 936. The number of hydrogen-bond donors (Lipinski definition) is 2. The number of nitrogens with zero attached hydrogens (tertiary/aromatic N) is 3. The summed E-state index contributed by atoms with van der Waals surface area (Å²) in [5.74, 6) is 0.996. The summed E-state index contributed by atoms with van der Waals surface area (Å²) in [6.45, 7) is 3.04. The number of fused-ring (bicyclic) bond motifs is 1. The van der Waals surface area contributed by atoms with Gasteiger partial charge in [-0.15, -0.1) is 5.10 Å². The molecule has 0 atom stereocenters. The normalized spacial score (nSPS) is 12.3. The molecule has 0 radical (unpaired) electrons. The van der Waals surface area contributed by atoms with Crippen molar-refractivity contribution in [2.24, 2.45) is 0 Å². The number of rotatable bonds is 5. The van der Waals surface area contributed by atoms with Crippen molar-refractivity contribution in [3.05, 3.63) is 59.9 Å². The van der Waals surface area contributed by atoms with E-state index in [1.807, 2.05) is 43.3 Å². The van der Waals surface area contributed by atoms with Crippen LogP contribution in [-0.4, -0.2) is 33.8 Å². The molecule has 2 N–H and O–H groups in total. The van der Waals surface area contributed by atoms with Crippen molar-refractivity contribution in [2.45, 2.75) is 13.3 Å². The molecule has 0 bridgehead atoms. The summed E-state index contributed by atoms with van der Waals surface area (Å²) in [4.78, 5) is 16.6. The fraction of sp³-hybridized carbons (Fsp3) is 0.211. The zero-order valence-corrected chi connectivity index (χ0v) is 14.4. The highest BCUT2D eigenvalue weighted by atomic mass is 16.5. The van der Waals surface area contributed by atoms with Gasteiger partial charge >= 0.3 is 0 Å². The van der Waals surface area contributed by atoms with Gasteiger partial charge in [0.25, 0.3) is 5.91 Å². The van der Waals surface area contributed by atoms with Crippen LogP contribution in [0.3, 0.4) is 0 Å². The standard InChI is InChI=1S/C19H19N5O2/c1-2-20-18(25)16-11-14(10-13-8-9-26-17(13)16)22-19-21-12-24(23-19)15-6-4-3-5-7-15/h3-7,10-12H,2,8-9H2,1H3,(H,20,25)(H,22,23). The van der Waals surface area contributed by atoms with Crippen LogP contribution in [0.2, 0.25) is 0 Å². The second kappa shape index (κ2) is 6.87. The molecule has 0 saturated heterocycles. The molecule has 132 valence electrons. The van der Waals surface area contributed by atoms with Crippen molar-refractivity contribution in [3.8, 4) is 11.4 Å². The lowest BCUT2D eigenvalue weighted by Gasteiger charge is -2.11. The molecule has 0 spiro atoms. The minimum atomic E-state index is -0.142. The molecule has 4 rings (SSSR count). The maximum Gasteiger partial charge on any atom is 0.255 e. The molecule has 1 aliphatic heterocycles. The van der Waals surface area contributed by atoms with E-state index in [1.165, 1.54) is 0 Å². The first-order valence-electron chi connectivity index (χ1n) is 8.56. The minimum Gasteiger partial charge on any atom is -0.492 e. The molecule has 0 aliphatic carbocycles. The largest absolute Gasteiger partial charge is 0.492 e. The van der Waals surface area contributed by atoms with E-state index < -0.39 is 0 Å². The Kier molecular flexibility index (Phi) is 4.27. The maximum atomic E-state index is 12.3. The van der Waals surface area contributed by atoms with E-state index in [4.69, 9.17) is 4.74 Å². The van der Waals surface area contributed by atoms with E-state index >= 15 is 0 Å². The number of amides is 1. The van der Waals surface area contributed by atoms with Gasteiger partial charge < -0.3 is 15.4 Å². The topological polar surface area (TPSA) is 81.1 Å². The van der Waals surface area contributed by atoms with Crippen molar-refractivity contribution < 1.29 is 9.53 Å². The lowest BCUT2D eigenvalue weighted by Crippen LogP contribution is -2.23. The Morgan fingerprint density at radius 1 is 1.27 bits per heavy atom. The monoisotopic (exact) mass is 349 g/mol. The van der Waals surface area contributed by atoms with Crippen LogP contribution in [0.25, 0.3) is 5.69 Å². The number of hydrogen-bond acceptors (Lipinski definition) is 5. The van der Waals surface area contributed by atoms with Crippen LogP contribution in [0.4, 0.5) is 11.6 Å². The van der Waals surface area contributed by atoms with Crippen molar-refractivity contribution in [3.63, 3.8) is 0 Å². The molecule has 0 fully saturated rings. The average molecular weight is 349 g/mol. The molecular formula is C19H19N5O2. The molecule has 7 heteroatoms. The summed E-state index contributed by atoms with van der Waals surface area (Å²) in [6.07, 6.45) is 2.43. The van der Waals surface area contributed by atoms with Crippen molar-refractivity contribution in [1.29, 1.82) is 0 Å². The predicted octanol–water partition coefficient (Wildman–Crippen LogP) is 2.70. The number of ether oxygens (including phenoxy) is 1. The molecular weight excluding hydrogens is 330 g/mol. The minimum absolute atomic E-state index is 0.142. The van der Waals surface area contributed by atoms with Gasteiger partial charge in [-0.1, -0.05) is 18.2 Å². The van der Waals surface area contributed by atoms with Gasteiger partial charge in [-0.2, -0.15) is 4.98 Å². The van der Waals surface area contributed by atoms with E-state index in [0.29, 0.717) is 30.4 Å². The van der Waals surface area contributed by atoms with Crippen LogP contribution < -0.4 is 15.4 Å². The first-order chi connectivity index (χ1) is 12.7. The molecule has 2 aromatic carbocycles. The highest BCUT2D eigenvalue weighted by Gasteiger charge is 2.22. The highest BCUT2D eigenvalue weighted by Crippen LogP contribution is 2.33. The van der Waals surface area contributed by atoms with Crippen LogP contribution >= 0.6 is 0 Å². The summed E-state index contributed by atoms with van der Waals surface area (Å²) >= 11 is 0. The number of nitrogens with one attached hydrogen (secondary N) is 2. The third kappa shape index (κ3) is 3.11. The molecule has 2 heterocycles. The molecule has 1 amide bonds. The SMILES string of the molecule is CCNC(=O)c1cc(Nc2ncn(-c3ccccc3)n2)cc2c1OCC2. The van der Waals surface area contributed by atoms with Gasteiger partial charge in [0.2, 0.25) is 5.95 Å². The van der Waals surface area contributed by atoms with E-state index in [2.05, 4.69) is 20.7 Å². The molecule has 7 nitrogen and oxygen atoms in total. The van der Waals surface area contributed by atoms with E-state index in [0.717, 1.165) is 23.4 Å².